The Hall–Kier alpha value is -2.38. The number of benzene rings is 2. The maximum absolute atomic E-state index is 13.4. The number of carbonyl (C=O) groups is 1. The number of nitrogens with zero attached hydrogens (tertiary/aromatic N) is 2. The monoisotopic (exact) mass is 386 g/mol. The van der Waals surface area contributed by atoms with E-state index in [1.54, 1.807) is 23.1 Å². The van der Waals surface area contributed by atoms with Gasteiger partial charge in [0, 0.05) is 31.7 Å². The molecule has 142 valence electrons. The highest BCUT2D eigenvalue weighted by molar-refractivity contribution is 7.89. The molecule has 0 aromatic heterocycles. The summed E-state index contributed by atoms with van der Waals surface area (Å²) in [6.45, 7) is 1.38. The van der Waals surface area contributed by atoms with Crippen LogP contribution in [0, 0.1) is 0 Å². The van der Waals surface area contributed by atoms with E-state index >= 15 is 0 Å². The smallest absolute Gasteiger partial charge is 0.247 e. The van der Waals surface area contributed by atoms with Crippen molar-refractivity contribution in [1.82, 2.24) is 4.31 Å². The first-order valence-electron chi connectivity index (χ1n) is 9.06. The number of hydrogen-bond acceptors (Lipinski definition) is 4. The summed E-state index contributed by atoms with van der Waals surface area (Å²) in [7, 11) is -2.29. The molecule has 27 heavy (non-hydrogen) atoms. The highest BCUT2D eigenvalue weighted by atomic mass is 32.2. The molecule has 0 atom stereocenters. The van der Waals surface area contributed by atoms with E-state index in [0.717, 1.165) is 12.0 Å². The predicted molar refractivity (Wildman–Crippen MR) is 102 cm³/mol. The average molecular weight is 386 g/mol. The number of anilines is 1. The Labute approximate surface area is 159 Å². The maximum atomic E-state index is 13.4. The first-order chi connectivity index (χ1) is 13.0. The van der Waals surface area contributed by atoms with Crippen LogP contribution in [0.5, 0.6) is 5.75 Å². The molecule has 6 nitrogen and oxygen atoms in total. The molecule has 2 aromatic rings. The first kappa shape index (κ1) is 18.0. The SMILES string of the molecule is COc1ccc(N2CCCC2=O)cc1S(=O)(=O)N1CCc2ccccc2C1. The number of ether oxygens (including phenoxy) is 1. The number of hydrogen-bond donors (Lipinski definition) is 0. The summed E-state index contributed by atoms with van der Waals surface area (Å²) in [4.78, 5) is 13.8. The molecule has 2 aliphatic heterocycles. The van der Waals surface area contributed by atoms with Crippen LogP contribution in [0.2, 0.25) is 0 Å². The van der Waals surface area contributed by atoms with Gasteiger partial charge in [-0.05, 0) is 42.2 Å². The number of carbonyl (C=O) groups excluding carboxylic acids is 1. The van der Waals surface area contributed by atoms with Crippen LogP contribution in [0.3, 0.4) is 0 Å². The summed E-state index contributed by atoms with van der Waals surface area (Å²) in [5, 5.41) is 0. The second kappa shape index (κ2) is 6.98. The van der Waals surface area contributed by atoms with Gasteiger partial charge in [0.25, 0.3) is 0 Å². The highest BCUT2D eigenvalue weighted by Gasteiger charge is 2.32. The van der Waals surface area contributed by atoms with E-state index in [-0.39, 0.29) is 10.8 Å². The van der Waals surface area contributed by atoms with Gasteiger partial charge in [-0.25, -0.2) is 8.42 Å². The summed E-state index contributed by atoms with van der Waals surface area (Å²) in [5.41, 5.74) is 2.82. The van der Waals surface area contributed by atoms with Gasteiger partial charge in [0.1, 0.15) is 10.6 Å². The number of fused-ring (bicyclic) bond motifs is 1. The van der Waals surface area contributed by atoms with Crippen molar-refractivity contribution in [3.05, 3.63) is 53.6 Å². The number of rotatable bonds is 4. The number of methoxy groups -OCH3 is 1. The van der Waals surface area contributed by atoms with Gasteiger partial charge in [-0.2, -0.15) is 4.31 Å². The van der Waals surface area contributed by atoms with E-state index in [0.29, 0.717) is 43.9 Å². The summed E-state index contributed by atoms with van der Waals surface area (Å²) >= 11 is 0. The molecule has 7 heteroatoms. The first-order valence-corrected chi connectivity index (χ1v) is 10.5. The molecule has 2 heterocycles. The molecule has 0 spiro atoms. The molecular formula is C20H22N2O4S. The van der Waals surface area contributed by atoms with Crippen LogP contribution < -0.4 is 9.64 Å². The van der Waals surface area contributed by atoms with Crippen LogP contribution in [0.15, 0.2) is 47.4 Å². The molecule has 0 radical (unpaired) electrons. The summed E-state index contributed by atoms with van der Waals surface area (Å²) < 4.78 is 33.6. The van der Waals surface area contributed by atoms with Crippen molar-refractivity contribution in [3.8, 4) is 5.75 Å². The van der Waals surface area contributed by atoms with Crippen LogP contribution in [0.1, 0.15) is 24.0 Å². The largest absolute Gasteiger partial charge is 0.495 e. The average Bonchev–Trinajstić information content (AvgIpc) is 3.13. The van der Waals surface area contributed by atoms with Crippen LogP contribution in [0.25, 0.3) is 0 Å². The lowest BCUT2D eigenvalue weighted by Crippen LogP contribution is -2.36. The fourth-order valence-corrected chi connectivity index (χ4v) is 5.36. The Kier molecular flexibility index (Phi) is 4.65. The van der Waals surface area contributed by atoms with Crippen molar-refractivity contribution in [2.24, 2.45) is 0 Å². The Morgan fingerprint density at radius 2 is 1.78 bits per heavy atom. The van der Waals surface area contributed by atoms with Gasteiger partial charge in [-0.3, -0.25) is 4.79 Å². The fraction of sp³-hybridized carbons (Fsp3) is 0.350. The van der Waals surface area contributed by atoms with Gasteiger partial charge in [-0.15, -0.1) is 0 Å². The molecule has 0 N–H and O–H groups in total. The summed E-state index contributed by atoms with van der Waals surface area (Å²) in [6.07, 6.45) is 1.97. The molecule has 0 saturated carbocycles. The minimum absolute atomic E-state index is 0.0235. The lowest BCUT2D eigenvalue weighted by atomic mass is 10.0. The van der Waals surface area contributed by atoms with Gasteiger partial charge in [0.05, 0.1) is 7.11 Å². The quantitative estimate of drug-likeness (QED) is 0.810. The lowest BCUT2D eigenvalue weighted by molar-refractivity contribution is -0.117. The third-order valence-corrected chi connectivity index (χ3v) is 7.11. The third-order valence-electron chi connectivity index (χ3n) is 5.25. The van der Waals surface area contributed by atoms with Gasteiger partial charge in [0.2, 0.25) is 15.9 Å². The van der Waals surface area contributed by atoms with Gasteiger partial charge in [0.15, 0.2) is 0 Å². The standard InChI is InChI=1S/C20H22N2O4S/c1-26-18-9-8-17(22-11-4-7-20(22)23)13-19(18)27(24,25)21-12-10-15-5-2-3-6-16(15)14-21/h2-3,5-6,8-9,13H,4,7,10-12,14H2,1H3. The Bertz CT molecular complexity index is 987. The molecule has 4 rings (SSSR count). The highest BCUT2D eigenvalue weighted by Crippen LogP contribution is 2.34. The second-order valence-electron chi connectivity index (χ2n) is 6.84. The fourth-order valence-electron chi connectivity index (χ4n) is 3.77. The summed E-state index contributed by atoms with van der Waals surface area (Å²) in [6, 6.07) is 12.8. The van der Waals surface area contributed by atoms with E-state index in [2.05, 4.69) is 0 Å². The molecule has 2 aromatic carbocycles. The molecule has 1 fully saturated rings. The third kappa shape index (κ3) is 3.21. The number of amides is 1. The van der Waals surface area contributed by atoms with Crippen LogP contribution in [-0.2, 0) is 27.8 Å². The topological polar surface area (TPSA) is 66.9 Å². The van der Waals surface area contributed by atoms with Crippen molar-refractivity contribution in [1.29, 1.82) is 0 Å². The van der Waals surface area contributed by atoms with Gasteiger partial charge >= 0.3 is 0 Å². The Morgan fingerprint density at radius 1 is 1.00 bits per heavy atom. The van der Waals surface area contributed by atoms with Crippen molar-refractivity contribution in [3.63, 3.8) is 0 Å². The Balaban J connectivity index is 1.71. The van der Waals surface area contributed by atoms with Crippen molar-refractivity contribution < 1.29 is 17.9 Å². The molecule has 1 amide bonds. The molecule has 2 aliphatic rings. The van der Waals surface area contributed by atoms with Crippen molar-refractivity contribution in [2.45, 2.75) is 30.7 Å². The van der Waals surface area contributed by atoms with Crippen LogP contribution >= 0.6 is 0 Å². The van der Waals surface area contributed by atoms with E-state index < -0.39 is 10.0 Å². The van der Waals surface area contributed by atoms with Gasteiger partial charge in [-0.1, -0.05) is 24.3 Å². The maximum Gasteiger partial charge on any atom is 0.247 e. The predicted octanol–water partition coefficient (Wildman–Crippen LogP) is 2.57. The van der Waals surface area contributed by atoms with E-state index in [9.17, 15) is 13.2 Å². The van der Waals surface area contributed by atoms with E-state index in [1.807, 2.05) is 24.3 Å². The number of sulfonamides is 1. The molecule has 0 bridgehead atoms. The molecule has 0 unspecified atom stereocenters. The molecular weight excluding hydrogens is 364 g/mol. The molecule has 1 saturated heterocycles. The summed E-state index contributed by atoms with van der Waals surface area (Å²) in [5.74, 6) is 0.319. The lowest BCUT2D eigenvalue weighted by Gasteiger charge is -2.29. The van der Waals surface area contributed by atoms with Crippen molar-refractivity contribution >= 4 is 21.6 Å². The van der Waals surface area contributed by atoms with Crippen LogP contribution in [0.4, 0.5) is 5.69 Å². The minimum Gasteiger partial charge on any atom is -0.495 e. The van der Waals surface area contributed by atoms with Crippen LogP contribution in [-0.4, -0.2) is 38.8 Å². The Morgan fingerprint density at radius 3 is 2.48 bits per heavy atom. The van der Waals surface area contributed by atoms with E-state index in [4.69, 9.17) is 4.74 Å². The normalized spacial score (nSPS) is 17.8. The van der Waals surface area contributed by atoms with Crippen molar-refractivity contribution in [2.75, 3.05) is 25.1 Å². The zero-order chi connectivity index (χ0) is 19.0. The van der Waals surface area contributed by atoms with Gasteiger partial charge < -0.3 is 9.64 Å². The minimum atomic E-state index is -3.75. The van der Waals surface area contributed by atoms with E-state index in [1.165, 1.54) is 17.0 Å². The zero-order valence-electron chi connectivity index (χ0n) is 15.2. The second-order valence-corrected chi connectivity index (χ2v) is 8.75. The zero-order valence-corrected chi connectivity index (χ0v) is 16.0. The molecule has 0 aliphatic carbocycles.